The third-order valence-electron chi connectivity index (χ3n) is 3.30. The van der Waals surface area contributed by atoms with Crippen molar-refractivity contribution in [1.82, 2.24) is 0 Å². The first-order valence-electron chi connectivity index (χ1n) is 5.38. The molecule has 1 aliphatic rings. The fraction of sp³-hybridized carbons (Fsp3) is 0.500. The van der Waals surface area contributed by atoms with Gasteiger partial charge in [-0.1, -0.05) is 18.6 Å². The summed E-state index contributed by atoms with van der Waals surface area (Å²) in [5, 5.41) is 0. The molecule has 0 unspecified atom stereocenters. The van der Waals surface area contributed by atoms with Crippen molar-refractivity contribution in [3.05, 3.63) is 35.6 Å². The fourth-order valence-corrected chi connectivity index (χ4v) is 2.28. The van der Waals surface area contributed by atoms with Gasteiger partial charge in [0.05, 0.1) is 0 Å². The fourth-order valence-electron chi connectivity index (χ4n) is 2.28. The van der Waals surface area contributed by atoms with Crippen LogP contribution in [0.5, 0.6) is 0 Å². The number of rotatable bonds is 1. The lowest BCUT2D eigenvalue weighted by Gasteiger charge is -2.41. The minimum atomic E-state index is -2.96. The van der Waals surface area contributed by atoms with Gasteiger partial charge in [0.2, 0.25) is 0 Å². The van der Waals surface area contributed by atoms with E-state index in [2.05, 4.69) is 0 Å². The van der Waals surface area contributed by atoms with E-state index in [1.807, 2.05) is 0 Å². The number of nitrogens with two attached hydrogens (primary N) is 1. The average molecular weight is 229 g/mol. The first-order chi connectivity index (χ1) is 7.46. The topological polar surface area (TPSA) is 26.0 Å². The molecule has 1 fully saturated rings. The van der Waals surface area contributed by atoms with Gasteiger partial charge in [-0.3, -0.25) is 0 Å². The van der Waals surface area contributed by atoms with Gasteiger partial charge < -0.3 is 5.73 Å². The number of alkyl halides is 2. The molecule has 0 spiro atoms. The second-order valence-electron chi connectivity index (χ2n) is 4.39. The van der Waals surface area contributed by atoms with E-state index < -0.39 is 17.3 Å². The van der Waals surface area contributed by atoms with Crippen LogP contribution in [0, 0.1) is 5.82 Å². The maximum Gasteiger partial charge on any atom is 0.269 e. The molecule has 0 saturated heterocycles. The van der Waals surface area contributed by atoms with Crippen LogP contribution in [0.25, 0.3) is 0 Å². The van der Waals surface area contributed by atoms with Gasteiger partial charge >= 0.3 is 0 Å². The molecule has 1 atom stereocenters. The van der Waals surface area contributed by atoms with Crippen molar-refractivity contribution < 1.29 is 13.2 Å². The summed E-state index contributed by atoms with van der Waals surface area (Å²) >= 11 is 0. The van der Waals surface area contributed by atoms with Crippen LogP contribution in [-0.4, -0.2) is 5.92 Å². The van der Waals surface area contributed by atoms with Gasteiger partial charge in [-0.15, -0.1) is 0 Å². The van der Waals surface area contributed by atoms with E-state index in [-0.39, 0.29) is 18.4 Å². The zero-order valence-electron chi connectivity index (χ0n) is 8.85. The van der Waals surface area contributed by atoms with E-state index in [9.17, 15) is 13.2 Å². The molecule has 1 nitrogen and oxygen atoms in total. The summed E-state index contributed by atoms with van der Waals surface area (Å²) in [7, 11) is 0. The Labute approximate surface area is 92.5 Å². The second kappa shape index (κ2) is 3.77. The van der Waals surface area contributed by atoms with Gasteiger partial charge in [-0.2, -0.15) is 0 Å². The molecule has 0 radical (unpaired) electrons. The predicted molar refractivity (Wildman–Crippen MR) is 55.7 cm³/mol. The Morgan fingerprint density at radius 3 is 2.44 bits per heavy atom. The average Bonchev–Trinajstić information content (AvgIpc) is 2.22. The Hall–Kier alpha value is -1.03. The van der Waals surface area contributed by atoms with Crippen LogP contribution in [-0.2, 0) is 5.54 Å². The summed E-state index contributed by atoms with van der Waals surface area (Å²) in [4.78, 5) is 0. The highest BCUT2D eigenvalue weighted by Gasteiger charge is 2.53. The van der Waals surface area contributed by atoms with Crippen LogP contribution in [0.15, 0.2) is 24.3 Å². The molecule has 1 aromatic rings. The summed E-state index contributed by atoms with van der Waals surface area (Å²) in [6, 6.07) is 5.24. The number of hydrogen-bond acceptors (Lipinski definition) is 1. The van der Waals surface area contributed by atoms with E-state index in [0.717, 1.165) is 6.07 Å². The molecule has 88 valence electrons. The Kier molecular flexibility index (Phi) is 2.70. The lowest BCUT2D eigenvalue weighted by molar-refractivity contribution is -0.105. The van der Waals surface area contributed by atoms with Gasteiger partial charge in [-0.25, -0.2) is 13.2 Å². The molecule has 0 amide bonds. The number of hydrogen-bond donors (Lipinski definition) is 1. The minimum absolute atomic E-state index is 0.192. The van der Waals surface area contributed by atoms with E-state index in [0.29, 0.717) is 12.8 Å². The Morgan fingerprint density at radius 2 is 1.81 bits per heavy atom. The molecule has 4 heteroatoms. The highest BCUT2D eigenvalue weighted by Crippen LogP contribution is 2.46. The maximum atomic E-state index is 13.8. The van der Waals surface area contributed by atoms with Crippen LogP contribution in [0.3, 0.4) is 0 Å². The molecule has 0 aromatic heterocycles. The van der Waals surface area contributed by atoms with Gasteiger partial charge in [0.25, 0.3) is 5.92 Å². The quantitative estimate of drug-likeness (QED) is 0.786. The lowest BCUT2D eigenvalue weighted by atomic mass is 9.74. The monoisotopic (exact) mass is 229 g/mol. The highest BCUT2D eigenvalue weighted by atomic mass is 19.3. The Morgan fingerprint density at radius 1 is 1.12 bits per heavy atom. The zero-order valence-corrected chi connectivity index (χ0v) is 8.85. The smallest absolute Gasteiger partial charge is 0.269 e. The molecule has 0 aliphatic heterocycles. The highest BCUT2D eigenvalue weighted by molar-refractivity contribution is 5.28. The Balaban J connectivity index is 2.43. The van der Waals surface area contributed by atoms with E-state index in [1.54, 1.807) is 0 Å². The third kappa shape index (κ3) is 1.71. The number of benzene rings is 1. The maximum absolute atomic E-state index is 13.8. The summed E-state index contributed by atoms with van der Waals surface area (Å²) in [6.07, 6.45) is 1.10. The molecule has 16 heavy (non-hydrogen) atoms. The summed E-state index contributed by atoms with van der Waals surface area (Å²) in [6.45, 7) is 0. The first kappa shape index (κ1) is 11.5. The minimum Gasteiger partial charge on any atom is -0.316 e. The predicted octanol–water partition coefficient (Wildman–Crippen LogP) is 3.19. The summed E-state index contributed by atoms with van der Waals surface area (Å²) in [5.41, 5.74) is 4.29. The van der Waals surface area contributed by atoms with Crippen molar-refractivity contribution >= 4 is 0 Å². The molecule has 2 N–H and O–H groups in total. The van der Waals surface area contributed by atoms with Crippen molar-refractivity contribution in [2.75, 3.05) is 0 Å². The lowest BCUT2D eigenvalue weighted by Crippen LogP contribution is -2.54. The number of halogens is 3. The van der Waals surface area contributed by atoms with Crippen molar-refractivity contribution in [2.24, 2.45) is 5.73 Å². The van der Waals surface area contributed by atoms with Crippen molar-refractivity contribution in [3.63, 3.8) is 0 Å². The van der Waals surface area contributed by atoms with E-state index in [1.165, 1.54) is 18.2 Å². The molecule has 1 saturated carbocycles. The van der Waals surface area contributed by atoms with Gasteiger partial charge in [0.15, 0.2) is 0 Å². The van der Waals surface area contributed by atoms with Gasteiger partial charge in [-0.05, 0) is 30.5 Å². The molecule has 0 heterocycles. The van der Waals surface area contributed by atoms with Crippen molar-refractivity contribution in [3.8, 4) is 0 Å². The molecular formula is C12H14F3N. The summed E-state index contributed by atoms with van der Waals surface area (Å²) in [5.74, 6) is -3.48. The van der Waals surface area contributed by atoms with Gasteiger partial charge in [0.1, 0.15) is 11.4 Å². The molecular weight excluding hydrogens is 215 g/mol. The standard InChI is InChI=1S/C12H14F3N/c13-10-5-3-4-9(8-10)11(16)6-1-2-7-12(11,14)15/h3-5,8H,1-2,6-7,16H2/t11-/m1/s1. The van der Waals surface area contributed by atoms with Crippen LogP contribution < -0.4 is 5.73 Å². The molecule has 1 aliphatic carbocycles. The third-order valence-corrected chi connectivity index (χ3v) is 3.30. The van der Waals surface area contributed by atoms with E-state index in [4.69, 9.17) is 5.73 Å². The van der Waals surface area contributed by atoms with Crippen molar-refractivity contribution in [2.45, 2.75) is 37.1 Å². The molecule has 2 rings (SSSR count). The second-order valence-corrected chi connectivity index (χ2v) is 4.39. The van der Waals surface area contributed by atoms with Crippen LogP contribution >= 0.6 is 0 Å². The van der Waals surface area contributed by atoms with E-state index >= 15 is 0 Å². The summed E-state index contributed by atoms with van der Waals surface area (Å²) < 4.78 is 40.7. The largest absolute Gasteiger partial charge is 0.316 e. The van der Waals surface area contributed by atoms with Crippen LogP contribution in [0.1, 0.15) is 31.2 Å². The molecule has 1 aromatic carbocycles. The first-order valence-corrected chi connectivity index (χ1v) is 5.38. The zero-order chi connectivity index (χ0) is 11.8. The SMILES string of the molecule is N[C@@]1(c2cccc(F)c2)CCCCC1(F)F. The molecule has 0 bridgehead atoms. The van der Waals surface area contributed by atoms with Crippen LogP contribution in [0.4, 0.5) is 13.2 Å². The normalized spacial score (nSPS) is 29.0. The van der Waals surface area contributed by atoms with Gasteiger partial charge in [0, 0.05) is 6.42 Å². The van der Waals surface area contributed by atoms with Crippen LogP contribution in [0.2, 0.25) is 0 Å². The Bertz CT molecular complexity index is 392. The van der Waals surface area contributed by atoms with Crippen molar-refractivity contribution in [1.29, 1.82) is 0 Å².